The van der Waals surface area contributed by atoms with Gasteiger partial charge in [0.2, 0.25) is 5.88 Å². The molecule has 0 aromatic carbocycles. The van der Waals surface area contributed by atoms with Crippen molar-refractivity contribution in [2.24, 2.45) is 0 Å². The maximum absolute atomic E-state index is 11.6. The highest BCUT2D eigenvalue weighted by Crippen LogP contribution is 2.19. The number of pyridine rings is 1. The zero-order valence-electron chi connectivity index (χ0n) is 12.0. The van der Waals surface area contributed by atoms with Gasteiger partial charge in [0.1, 0.15) is 18.3 Å². The van der Waals surface area contributed by atoms with Crippen molar-refractivity contribution in [2.45, 2.75) is 25.6 Å². The fourth-order valence-corrected chi connectivity index (χ4v) is 2.10. The Morgan fingerprint density at radius 2 is 2.40 bits per heavy atom. The lowest BCUT2D eigenvalue weighted by Gasteiger charge is -2.36. The monoisotopic (exact) mass is 280 g/mol. The molecule has 1 N–H and O–H groups in total. The lowest BCUT2D eigenvalue weighted by atomic mass is 10.1. The Kier molecular flexibility index (Phi) is 4.57. The van der Waals surface area contributed by atoms with Crippen molar-refractivity contribution in [1.82, 2.24) is 10.3 Å². The number of morpholine rings is 1. The molecule has 0 amide bonds. The molecule has 20 heavy (non-hydrogen) atoms. The summed E-state index contributed by atoms with van der Waals surface area (Å²) in [5, 5.41) is 3.29. The Labute approximate surface area is 118 Å². The van der Waals surface area contributed by atoms with Crippen molar-refractivity contribution in [3.05, 3.63) is 23.9 Å². The SMILES string of the molecule is COC(=O)c1cccnc1OCC1CNCC(C)(C)O1. The lowest BCUT2D eigenvalue weighted by molar-refractivity contribution is -0.107. The van der Waals surface area contributed by atoms with E-state index in [-0.39, 0.29) is 17.6 Å². The van der Waals surface area contributed by atoms with Crippen LogP contribution in [-0.2, 0) is 9.47 Å². The predicted molar refractivity (Wildman–Crippen MR) is 72.9 cm³/mol. The molecule has 1 aromatic heterocycles. The molecule has 110 valence electrons. The summed E-state index contributed by atoms with van der Waals surface area (Å²) in [5.74, 6) is -0.192. The molecule has 1 aliphatic heterocycles. The normalized spacial score (nSPS) is 21.2. The molecule has 1 unspecified atom stereocenters. The van der Waals surface area contributed by atoms with E-state index < -0.39 is 5.97 Å². The summed E-state index contributed by atoms with van der Waals surface area (Å²) in [5.41, 5.74) is 0.0970. The van der Waals surface area contributed by atoms with Crippen LogP contribution in [0, 0.1) is 0 Å². The smallest absolute Gasteiger partial charge is 0.343 e. The standard InChI is InChI=1S/C14H20N2O4/c1-14(2)9-15-7-10(20-14)8-19-12-11(13(17)18-3)5-4-6-16-12/h4-6,10,15H,7-9H2,1-3H3. The third-order valence-corrected chi connectivity index (χ3v) is 2.99. The second-order valence-electron chi connectivity index (χ2n) is 5.29. The van der Waals surface area contributed by atoms with Gasteiger partial charge in [-0.15, -0.1) is 0 Å². The summed E-state index contributed by atoms with van der Waals surface area (Å²) in [6.45, 7) is 5.89. The minimum atomic E-state index is -0.462. The Hall–Kier alpha value is -1.66. The van der Waals surface area contributed by atoms with E-state index in [1.165, 1.54) is 7.11 Å². The van der Waals surface area contributed by atoms with Gasteiger partial charge >= 0.3 is 5.97 Å². The quantitative estimate of drug-likeness (QED) is 0.830. The summed E-state index contributed by atoms with van der Waals surface area (Å²) in [6, 6.07) is 3.29. The molecule has 6 heteroatoms. The molecule has 1 fully saturated rings. The molecule has 1 saturated heterocycles. The molecular weight excluding hydrogens is 260 g/mol. The van der Waals surface area contributed by atoms with Crippen molar-refractivity contribution >= 4 is 5.97 Å². The first-order valence-electron chi connectivity index (χ1n) is 6.56. The third-order valence-electron chi connectivity index (χ3n) is 2.99. The van der Waals surface area contributed by atoms with E-state index >= 15 is 0 Å². The molecule has 1 atom stereocenters. The molecule has 0 radical (unpaired) electrons. The number of esters is 1. The first kappa shape index (κ1) is 14.7. The van der Waals surface area contributed by atoms with Gasteiger partial charge < -0.3 is 19.5 Å². The first-order chi connectivity index (χ1) is 9.52. The number of nitrogens with one attached hydrogen (secondary N) is 1. The van der Waals surface area contributed by atoms with Crippen LogP contribution in [0.25, 0.3) is 0 Å². The van der Waals surface area contributed by atoms with E-state index in [2.05, 4.69) is 10.3 Å². The van der Waals surface area contributed by atoms with Crippen LogP contribution < -0.4 is 10.1 Å². The summed E-state index contributed by atoms with van der Waals surface area (Å²) < 4.78 is 16.2. The average Bonchev–Trinajstić information content (AvgIpc) is 2.43. The van der Waals surface area contributed by atoms with Gasteiger partial charge in [0, 0.05) is 19.3 Å². The van der Waals surface area contributed by atoms with Gasteiger partial charge in [-0.05, 0) is 26.0 Å². The van der Waals surface area contributed by atoms with Crippen molar-refractivity contribution in [1.29, 1.82) is 0 Å². The first-order valence-corrected chi connectivity index (χ1v) is 6.56. The molecular formula is C14H20N2O4. The van der Waals surface area contributed by atoms with E-state index in [4.69, 9.17) is 14.2 Å². The van der Waals surface area contributed by atoms with Gasteiger partial charge in [-0.25, -0.2) is 9.78 Å². The number of carbonyl (C=O) groups is 1. The zero-order valence-corrected chi connectivity index (χ0v) is 12.0. The maximum Gasteiger partial charge on any atom is 0.343 e. The summed E-state index contributed by atoms with van der Waals surface area (Å²) in [6.07, 6.45) is 1.50. The number of hydrogen-bond donors (Lipinski definition) is 1. The number of methoxy groups -OCH3 is 1. The molecule has 0 bridgehead atoms. The molecule has 6 nitrogen and oxygen atoms in total. The maximum atomic E-state index is 11.6. The highest BCUT2D eigenvalue weighted by atomic mass is 16.6. The highest BCUT2D eigenvalue weighted by molar-refractivity contribution is 5.91. The minimum absolute atomic E-state index is 0.0775. The van der Waals surface area contributed by atoms with Gasteiger partial charge in [-0.1, -0.05) is 0 Å². The van der Waals surface area contributed by atoms with E-state index in [0.29, 0.717) is 18.7 Å². The van der Waals surface area contributed by atoms with Crippen LogP contribution in [0.2, 0.25) is 0 Å². The van der Waals surface area contributed by atoms with Gasteiger partial charge in [-0.3, -0.25) is 0 Å². The Bertz CT molecular complexity index is 476. The molecule has 0 spiro atoms. The van der Waals surface area contributed by atoms with Gasteiger partial charge in [0.15, 0.2) is 0 Å². The summed E-state index contributed by atoms with van der Waals surface area (Å²) >= 11 is 0. The van der Waals surface area contributed by atoms with Crippen LogP contribution in [0.1, 0.15) is 24.2 Å². The van der Waals surface area contributed by atoms with Crippen molar-refractivity contribution < 1.29 is 19.0 Å². The van der Waals surface area contributed by atoms with Crippen molar-refractivity contribution in [2.75, 3.05) is 26.8 Å². The molecule has 1 aromatic rings. The average molecular weight is 280 g/mol. The summed E-state index contributed by atoms with van der Waals surface area (Å²) in [7, 11) is 1.33. The van der Waals surface area contributed by atoms with Gasteiger partial charge in [0.25, 0.3) is 0 Å². The molecule has 2 heterocycles. The number of hydrogen-bond acceptors (Lipinski definition) is 6. The van der Waals surface area contributed by atoms with Crippen LogP contribution in [0.4, 0.5) is 0 Å². The minimum Gasteiger partial charge on any atom is -0.474 e. The van der Waals surface area contributed by atoms with Crippen LogP contribution in [-0.4, -0.2) is 49.5 Å². The largest absolute Gasteiger partial charge is 0.474 e. The van der Waals surface area contributed by atoms with Crippen LogP contribution in [0.15, 0.2) is 18.3 Å². The number of aromatic nitrogens is 1. The molecule has 0 saturated carbocycles. The third kappa shape index (κ3) is 3.68. The van der Waals surface area contributed by atoms with Crippen LogP contribution in [0.5, 0.6) is 5.88 Å². The summed E-state index contributed by atoms with van der Waals surface area (Å²) in [4.78, 5) is 15.7. The highest BCUT2D eigenvalue weighted by Gasteiger charge is 2.29. The van der Waals surface area contributed by atoms with Gasteiger partial charge in [0.05, 0.1) is 12.7 Å². The van der Waals surface area contributed by atoms with E-state index in [9.17, 15) is 4.79 Å². The van der Waals surface area contributed by atoms with E-state index in [0.717, 1.165) is 6.54 Å². The van der Waals surface area contributed by atoms with Crippen molar-refractivity contribution in [3.63, 3.8) is 0 Å². The Morgan fingerprint density at radius 1 is 1.60 bits per heavy atom. The second-order valence-corrected chi connectivity index (χ2v) is 5.29. The fourth-order valence-electron chi connectivity index (χ4n) is 2.10. The van der Waals surface area contributed by atoms with Crippen LogP contribution in [0.3, 0.4) is 0 Å². The topological polar surface area (TPSA) is 69.7 Å². The lowest BCUT2D eigenvalue weighted by Crippen LogP contribution is -2.52. The van der Waals surface area contributed by atoms with Crippen molar-refractivity contribution in [3.8, 4) is 5.88 Å². The van der Waals surface area contributed by atoms with E-state index in [1.54, 1.807) is 18.3 Å². The fraction of sp³-hybridized carbons (Fsp3) is 0.571. The number of ether oxygens (including phenoxy) is 3. The Morgan fingerprint density at radius 3 is 3.10 bits per heavy atom. The van der Waals surface area contributed by atoms with E-state index in [1.807, 2.05) is 13.8 Å². The van der Waals surface area contributed by atoms with Crippen LogP contribution >= 0.6 is 0 Å². The zero-order chi connectivity index (χ0) is 14.6. The van der Waals surface area contributed by atoms with Gasteiger partial charge in [-0.2, -0.15) is 0 Å². The second kappa shape index (κ2) is 6.19. The Balaban J connectivity index is 1.99. The molecule has 1 aliphatic rings. The molecule has 2 rings (SSSR count). The number of rotatable bonds is 4. The number of carbonyl (C=O) groups excluding carboxylic acids is 1. The number of nitrogens with zero attached hydrogens (tertiary/aromatic N) is 1. The predicted octanol–water partition coefficient (Wildman–Crippen LogP) is 1.01. The molecule has 0 aliphatic carbocycles.